The summed E-state index contributed by atoms with van der Waals surface area (Å²) in [6.45, 7) is 0.310. The van der Waals surface area contributed by atoms with Gasteiger partial charge in [0.1, 0.15) is 5.82 Å². The van der Waals surface area contributed by atoms with Crippen LogP contribution in [0.25, 0.3) is 11.0 Å². The fourth-order valence-corrected chi connectivity index (χ4v) is 3.28. The molecule has 2 amide bonds. The molecule has 0 atom stereocenters. The van der Waals surface area contributed by atoms with Gasteiger partial charge in [0.15, 0.2) is 0 Å². The van der Waals surface area contributed by atoms with Crippen LogP contribution >= 0.6 is 11.3 Å². The summed E-state index contributed by atoms with van der Waals surface area (Å²) in [6, 6.07) is 18.1. The molecule has 0 unspecified atom stereocenters. The highest BCUT2D eigenvalue weighted by Gasteiger charge is 2.10. The minimum Gasteiger partial charge on any atom is -0.345 e. The Morgan fingerprint density at radius 1 is 0.963 bits per heavy atom. The number of fused-ring (bicyclic) bond motifs is 1. The number of H-pyrrole nitrogens is 1. The fourth-order valence-electron chi connectivity index (χ4n) is 2.66. The van der Waals surface area contributed by atoms with Crippen molar-refractivity contribution < 1.29 is 9.59 Å². The van der Waals surface area contributed by atoms with Gasteiger partial charge in [-0.05, 0) is 47.8 Å². The zero-order valence-electron chi connectivity index (χ0n) is 14.2. The van der Waals surface area contributed by atoms with Crippen LogP contribution in [0.2, 0.25) is 0 Å². The molecule has 4 rings (SSSR count). The Kier molecular flexibility index (Phi) is 4.67. The van der Waals surface area contributed by atoms with E-state index >= 15 is 0 Å². The molecule has 7 heteroatoms. The monoisotopic (exact) mass is 376 g/mol. The van der Waals surface area contributed by atoms with Gasteiger partial charge >= 0.3 is 0 Å². The van der Waals surface area contributed by atoms with Gasteiger partial charge in [-0.3, -0.25) is 9.59 Å². The highest BCUT2D eigenvalue weighted by molar-refractivity contribution is 7.12. The first-order chi connectivity index (χ1) is 13.2. The molecule has 2 aromatic carbocycles. The van der Waals surface area contributed by atoms with Gasteiger partial charge in [0.2, 0.25) is 0 Å². The molecule has 27 heavy (non-hydrogen) atoms. The van der Waals surface area contributed by atoms with Crippen LogP contribution in [0.4, 0.5) is 5.69 Å². The van der Waals surface area contributed by atoms with Crippen molar-refractivity contribution in [2.75, 3.05) is 5.32 Å². The number of benzene rings is 2. The normalized spacial score (nSPS) is 10.7. The third-order valence-corrected chi connectivity index (χ3v) is 4.87. The number of aromatic nitrogens is 2. The number of hydrogen-bond acceptors (Lipinski definition) is 4. The second-order valence-electron chi connectivity index (χ2n) is 5.89. The minimum absolute atomic E-state index is 0.160. The van der Waals surface area contributed by atoms with Crippen molar-refractivity contribution in [1.29, 1.82) is 0 Å². The second-order valence-corrected chi connectivity index (χ2v) is 6.84. The van der Waals surface area contributed by atoms with Crippen LogP contribution in [-0.2, 0) is 6.54 Å². The Hall–Kier alpha value is -3.45. The van der Waals surface area contributed by atoms with Crippen LogP contribution in [0, 0.1) is 0 Å². The van der Waals surface area contributed by atoms with Crippen molar-refractivity contribution in [2.45, 2.75) is 6.54 Å². The fraction of sp³-hybridized carbons (Fsp3) is 0.0500. The Morgan fingerprint density at radius 3 is 2.52 bits per heavy atom. The number of thiophene rings is 1. The van der Waals surface area contributed by atoms with Gasteiger partial charge in [-0.2, -0.15) is 0 Å². The van der Waals surface area contributed by atoms with Crippen molar-refractivity contribution in [3.05, 3.63) is 82.3 Å². The summed E-state index contributed by atoms with van der Waals surface area (Å²) in [5.74, 6) is 0.336. The third-order valence-electron chi connectivity index (χ3n) is 4.00. The molecule has 0 aliphatic heterocycles. The summed E-state index contributed by atoms with van der Waals surface area (Å²) in [5.41, 5.74) is 2.96. The van der Waals surface area contributed by atoms with E-state index in [-0.39, 0.29) is 11.8 Å². The van der Waals surface area contributed by atoms with Crippen molar-refractivity contribution >= 4 is 39.9 Å². The van der Waals surface area contributed by atoms with Gasteiger partial charge in [0.05, 0.1) is 22.5 Å². The molecule has 2 heterocycles. The molecule has 0 fully saturated rings. The molecule has 2 aromatic heterocycles. The highest BCUT2D eigenvalue weighted by atomic mass is 32.1. The standard InChI is InChI=1S/C20H16N4O2S/c25-19(21-12-18-23-15-4-1-2-5-16(15)24-18)13-7-9-14(10-8-13)22-20(26)17-6-3-11-27-17/h1-11H,12H2,(H,21,25)(H,22,26)(H,23,24). The number of hydrogen-bond donors (Lipinski definition) is 3. The lowest BCUT2D eigenvalue weighted by Gasteiger charge is -2.06. The third kappa shape index (κ3) is 3.88. The van der Waals surface area contributed by atoms with E-state index in [1.807, 2.05) is 35.7 Å². The number of amides is 2. The molecule has 0 saturated heterocycles. The van der Waals surface area contributed by atoms with E-state index in [4.69, 9.17) is 0 Å². The molecule has 0 aliphatic rings. The van der Waals surface area contributed by atoms with Crippen LogP contribution in [0.1, 0.15) is 25.9 Å². The maximum absolute atomic E-state index is 12.3. The quantitative estimate of drug-likeness (QED) is 0.495. The number of anilines is 1. The topological polar surface area (TPSA) is 86.9 Å². The predicted molar refractivity (Wildman–Crippen MR) is 106 cm³/mol. The average molecular weight is 376 g/mol. The van der Waals surface area contributed by atoms with Gasteiger partial charge in [0.25, 0.3) is 11.8 Å². The molecule has 3 N–H and O–H groups in total. The molecule has 4 aromatic rings. The summed E-state index contributed by atoms with van der Waals surface area (Å²) >= 11 is 1.38. The lowest BCUT2D eigenvalue weighted by molar-refractivity contribution is 0.0949. The van der Waals surface area contributed by atoms with Crippen LogP contribution < -0.4 is 10.6 Å². The maximum atomic E-state index is 12.3. The van der Waals surface area contributed by atoms with Gasteiger partial charge in [-0.15, -0.1) is 11.3 Å². The SMILES string of the molecule is O=C(NCc1nc2ccccc2[nH]1)c1ccc(NC(=O)c2cccs2)cc1. The van der Waals surface area contributed by atoms with Crippen LogP contribution in [0.3, 0.4) is 0 Å². The summed E-state index contributed by atoms with van der Waals surface area (Å²) in [4.78, 5) is 32.6. The van der Waals surface area contributed by atoms with Gasteiger partial charge in [-0.25, -0.2) is 4.98 Å². The highest BCUT2D eigenvalue weighted by Crippen LogP contribution is 2.15. The van der Waals surface area contributed by atoms with Crippen LogP contribution in [0.5, 0.6) is 0 Å². The van der Waals surface area contributed by atoms with E-state index in [2.05, 4.69) is 20.6 Å². The first-order valence-corrected chi connectivity index (χ1v) is 9.24. The lowest BCUT2D eigenvalue weighted by Crippen LogP contribution is -2.23. The second kappa shape index (κ2) is 7.43. The van der Waals surface area contributed by atoms with E-state index in [9.17, 15) is 9.59 Å². The Labute approximate surface area is 159 Å². The molecule has 134 valence electrons. The zero-order valence-corrected chi connectivity index (χ0v) is 15.0. The van der Waals surface area contributed by atoms with E-state index in [1.54, 1.807) is 30.3 Å². The Morgan fingerprint density at radius 2 is 1.78 bits per heavy atom. The van der Waals surface area contributed by atoms with Gasteiger partial charge < -0.3 is 15.6 Å². The number of nitrogens with one attached hydrogen (secondary N) is 3. The average Bonchev–Trinajstić information content (AvgIpc) is 3.36. The summed E-state index contributed by atoms with van der Waals surface area (Å²) in [6.07, 6.45) is 0. The minimum atomic E-state index is -0.202. The van der Waals surface area contributed by atoms with E-state index in [1.165, 1.54) is 11.3 Å². The molecular formula is C20H16N4O2S. The maximum Gasteiger partial charge on any atom is 0.265 e. The van der Waals surface area contributed by atoms with Crippen molar-refractivity contribution in [1.82, 2.24) is 15.3 Å². The number of nitrogens with zero attached hydrogens (tertiary/aromatic N) is 1. The van der Waals surface area contributed by atoms with Crippen molar-refractivity contribution in [3.8, 4) is 0 Å². The lowest BCUT2D eigenvalue weighted by atomic mass is 10.2. The molecule has 0 saturated carbocycles. The predicted octanol–water partition coefficient (Wildman–Crippen LogP) is 3.81. The number of para-hydroxylation sites is 2. The molecule has 0 spiro atoms. The molecule has 6 nitrogen and oxygen atoms in total. The van der Waals surface area contributed by atoms with E-state index in [0.29, 0.717) is 28.5 Å². The number of carbonyl (C=O) groups excluding carboxylic acids is 2. The first-order valence-electron chi connectivity index (χ1n) is 8.36. The number of imidazole rings is 1. The first kappa shape index (κ1) is 17.0. The van der Waals surface area contributed by atoms with Crippen molar-refractivity contribution in [3.63, 3.8) is 0 Å². The van der Waals surface area contributed by atoms with Gasteiger partial charge in [0, 0.05) is 11.3 Å². The summed E-state index contributed by atoms with van der Waals surface area (Å²) in [7, 11) is 0. The van der Waals surface area contributed by atoms with E-state index in [0.717, 1.165) is 11.0 Å². The summed E-state index contributed by atoms with van der Waals surface area (Å²) in [5, 5.41) is 7.50. The van der Waals surface area contributed by atoms with Crippen LogP contribution in [0.15, 0.2) is 66.0 Å². The molecule has 0 aliphatic carbocycles. The van der Waals surface area contributed by atoms with Crippen LogP contribution in [-0.4, -0.2) is 21.8 Å². The zero-order chi connectivity index (χ0) is 18.6. The largest absolute Gasteiger partial charge is 0.345 e. The number of carbonyl (C=O) groups is 2. The Balaban J connectivity index is 1.36. The Bertz CT molecular complexity index is 1050. The number of aromatic amines is 1. The van der Waals surface area contributed by atoms with Crippen molar-refractivity contribution in [2.24, 2.45) is 0 Å². The summed E-state index contributed by atoms with van der Waals surface area (Å²) < 4.78 is 0. The molecule has 0 bridgehead atoms. The number of rotatable bonds is 5. The molecule has 0 radical (unpaired) electrons. The van der Waals surface area contributed by atoms with Gasteiger partial charge in [-0.1, -0.05) is 18.2 Å². The smallest absolute Gasteiger partial charge is 0.265 e. The molecular weight excluding hydrogens is 360 g/mol. The van der Waals surface area contributed by atoms with E-state index < -0.39 is 0 Å².